The molecule has 4 heterocycles. The van der Waals surface area contributed by atoms with Crippen LogP contribution in [0, 0.1) is 0 Å². The number of nitrogens with one attached hydrogen (secondary N) is 2. The molecule has 1 aromatic carbocycles. The zero-order valence-electron chi connectivity index (χ0n) is 20.4. The van der Waals surface area contributed by atoms with Crippen molar-refractivity contribution in [1.29, 1.82) is 0 Å². The molecule has 3 atom stereocenters. The molecule has 2 amide bonds. The highest BCUT2D eigenvalue weighted by Crippen LogP contribution is 2.42. The number of halogens is 1. The fourth-order valence-electron chi connectivity index (χ4n) is 5.51. The first-order chi connectivity index (χ1) is 16.8. The summed E-state index contributed by atoms with van der Waals surface area (Å²) in [5, 5.41) is 6.98. The van der Waals surface area contributed by atoms with Gasteiger partial charge < -0.3 is 25.3 Å². The van der Waals surface area contributed by atoms with Crippen LogP contribution in [0.5, 0.6) is 0 Å². The predicted octanol–water partition coefficient (Wildman–Crippen LogP) is 2.48. The van der Waals surface area contributed by atoms with Crippen molar-refractivity contribution in [2.24, 2.45) is 0 Å². The largest absolute Gasteiger partial charge is 0.359 e. The van der Waals surface area contributed by atoms with Gasteiger partial charge in [-0.2, -0.15) is 0 Å². The zero-order chi connectivity index (χ0) is 24.7. The Balaban J connectivity index is 1.38. The number of carbonyl (C=O) groups is 2. The molecule has 0 aliphatic carbocycles. The van der Waals surface area contributed by atoms with Crippen LogP contribution in [0.2, 0.25) is 5.02 Å². The second-order valence-corrected chi connectivity index (χ2v) is 10.4. The van der Waals surface area contributed by atoms with Crippen LogP contribution in [0.15, 0.2) is 30.6 Å². The minimum absolute atomic E-state index is 0.0775. The fraction of sp³-hybridized carbons (Fsp3) is 0.520. The van der Waals surface area contributed by atoms with Crippen molar-refractivity contribution >= 4 is 40.7 Å². The second-order valence-electron chi connectivity index (χ2n) is 10.0. The molecule has 0 spiro atoms. The van der Waals surface area contributed by atoms with E-state index in [-0.39, 0.29) is 42.4 Å². The number of benzene rings is 1. The lowest BCUT2D eigenvalue weighted by Gasteiger charge is -2.44. The van der Waals surface area contributed by atoms with Crippen LogP contribution >= 0.6 is 11.6 Å². The molecular formula is C25H32ClN7O2. The lowest BCUT2D eigenvalue weighted by Crippen LogP contribution is -2.57. The number of carbonyl (C=O) groups excluding carboxylic acids is 2. The van der Waals surface area contributed by atoms with Gasteiger partial charge in [0.25, 0.3) is 0 Å². The van der Waals surface area contributed by atoms with E-state index in [4.69, 9.17) is 11.6 Å². The molecule has 3 aliphatic rings. The van der Waals surface area contributed by atoms with Crippen LogP contribution in [0.1, 0.15) is 38.2 Å². The Hall–Kier alpha value is -2.91. The van der Waals surface area contributed by atoms with E-state index in [1.807, 2.05) is 41.1 Å². The highest BCUT2D eigenvalue weighted by Gasteiger charge is 2.45. The van der Waals surface area contributed by atoms with Crippen molar-refractivity contribution in [2.45, 2.75) is 50.7 Å². The molecule has 2 N–H and O–H groups in total. The van der Waals surface area contributed by atoms with Gasteiger partial charge >= 0.3 is 0 Å². The lowest BCUT2D eigenvalue weighted by atomic mass is 9.96. The number of nitrogens with zero attached hydrogens (tertiary/aromatic N) is 5. The van der Waals surface area contributed by atoms with Gasteiger partial charge in [0.15, 0.2) is 11.6 Å². The SMILES string of the molecule is CC(C)NC[C@@H](C(=O)N1C[C@H]2CC[C@@H](C1)N2c1ncnc2c1N(C)CC(=O)N2)c1ccc(Cl)cc1. The monoisotopic (exact) mass is 497 g/mol. The van der Waals surface area contributed by atoms with Gasteiger partial charge in [-0.3, -0.25) is 9.59 Å². The van der Waals surface area contributed by atoms with Crippen molar-refractivity contribution < 1.29 is 9.59 Å². The van der Waals surface area contributed by atoms with E-state index in [1.54, 1.807) is 0 Å². The molecule has 186 valence electrons. The molecule has 5 rings (SSSR count). The Morgan fingerprint density at radius 3 is 2.51 bits per heavy atom. The smallest absolute Gasteiger partial charge is 0.245 e. The van der Waals surface area contributed by atoms with Gasteiger partial charge in [-0.05, 0) is 30.5 Å². The van der Waals surface area contributed by atoms with Crippen LogP contribution in [-0.2, 0) is 9.59 Å². The van der Waals surface area contributed by atoms with Gasteiger partial charge in [0, 0.05) is 49.8 Å². The van der Waals surface area contributed by atoms with Crippen LogP contribution < -0.4 is 20.4 Å². The van der Waals surface area contributed by atoms with E-state index >= 15 is 0 Å². The molecule has 0 unspecified atom stereocenters. The van der Waals surface area contributed by atoms with Crippen LogP contribution in [0.4, 0.5) is 17.3 Å². The number of likely N-dealkylation sites (tertiary alicyclic amines) is 1. The summed E-state index contributed by atoms with van der Waals surface area (Å²) in [6, 6.07) is 8.23. The van der Waals surface area contributed by atoms with E-state index in [0.29, 0.717) is 30.5 Å². The highest BCUT2D eigenvalue weighted by atomic mass is 35.5. The number of aromatic nitrogens is 2. The van der Waals surface area contributed by atoms with Crippen molar-refractivity contribution in [3.8, 4) is 0 Å². The third-order valence-corrected chi connectivity index (χ3v) is 7.41. The van der Waals surface area contributed by atoms with Crippen molar-refractivity contribution in [1.82, 2.24) is 20.2 Å². The number of hydrogen-bond donors (Lipinski definition) is 2. The summed E-state index contributed by atoms with van der Waals surface area (Å²) in [4.78, 5) is 41.0. The first-order valence-electron chi connectivity index (χ1n) is 12.2. The number of rotatable bonds is 6. The van der Waals surface area contributed by atoms with E-state index in [1.165, 1.54) is 6.33 Å². The Kier molecular flexibility index (Phi) is 6.55. The topological polar surface area (TPSA) is 93.7 Å². The molecule has 2 saturated heterocycles. The highest BCUT2D eigenvalue weighted by molar-refractivity contribution is 6.30. The third kappa shape index (κ3) is 4.67. The molecule has 35 heavy (non-hydrogen) atoms. The van der Waals surface area contributed by atoms with Crippen LogP contribution in [0.3, 0.4) is 0 Å². The van der Waals surface area contributed by atoms with Gasteiger partial charge in [-0.25, -0.2) is 9.97 Å². The van der Waals surface area contributed by atoms with E-state index < -0.39 is 0 Å². The molecular weight excluding hydrogens is 466 g/mol. The predicted molar refractivity (Wildman–Crippen MR) is 137 cm³/mol. The average molecular weight is 498 g/mol. The van der Waals surface area contributed by atoms with E-state index in [2.05, 4.69) is 39.3 Å². The molecule has 3 aliphatic heterocycles. The maximum Gasteiger partial charge on any atom is 0.245 e. The van der Waals surface area contributed by atoms with Gasteiger partial charge in [0.2, 0.25) is 11.8 Å². The second kappa shape index (κ2) is 9.62. The quantitative estimate of drug-likeness (QED) is 0.633. The molecule has 0 saturated carbocycles. The molecule has 2 aromatic rings. The van der Waals surface area contributed by atoms with E-state index in [0.717, 1.165) is 29.9 Å². The first kappa shape index (κ1) is 23.8. The first-order valence-corrected chi connectivity index (χ1v) is 12.6. The minimum atomic E-state index is -0.270. The maximum absolute atomic E-state index is 13.8. The van der Waals surface area contributed by atoms with Crippen molar-refractivity contribution in [3.05, 3.63) is 41.2 Å². The van der Waals surface area contributed by atoms with Crippen LogP contribution in [-0.4, -0.2) is 78.0 Å². The Morgan fingerprint density at radius 1 is 1.17 bits per heavy atom. The van der Waals surface area contributed by atoms with Gasteiger partial charge in [-0.15, -0.1) is 0 Å². The molecule has 2 fully saturated rings. The molecule has 2 bridgehead atoms. The van der Waals surface area contributed by atoms with Gasteiger partial charge in [0.05, 0.1) is 12.5 Å². The van der Waals surface area contributed by atoms with Crippen molar-refractivity contribution in [2.75, 3.05) is 48.3 Å². The Labute approximate surface area is 210 Å². The van der Waals surface area contributed by atoms with Crippen LogP contribution in [0.25, 0.3) is 0 Å². The normalized spacial score (nSPS) is 22.3. The van der Waals surface area contributed by atoms with Crippen molar-refractivity contribution in [3.63, 3.8) is 0 Å². The summed E-state index contributed by atoms with van der Waals surface area (Å²) in [6.07, 6.45) is 3.51. The molecule has 1 aromatic heterocycles. The van der Waals surface area contributed by atoms with Gasteiger partial charge in [0.1, 0.15) is 12.0 Å². The molecule has 10 heteroatoms. The Bertz CT molecular complexity index is 1100. The molecule has 9 nitrogen and oxygen atoms in total. The van der Waals surface area contributed by atoms with E-state index in [9.17, 15) is 9.59 Å². The number of fused-ring (bicyclic) bond motifs is 3. The summed E-state index contributed by atoms with van der Waals surface area (Å²) in [7, 11) is 1.89. The Morgan fingerprint density at radius 2 is 1.86 bits per heavy atom. The summed E-state index contributed by atoms with van der Waals surface area (Å²) >= 11 is 6.11. The summed E-state index contributed by atoms with van der Waals surface area (Å²) < 4.78 is 0. The number of amides is 2. The number of hydrogen-bond acceptors (Lipinski definition) is 7. The minimum Gasteiger partial charge on any atom is -0.359 e. The molecule has 0 radical (unpaired) electrons. The average Bonchev–Trinajstić information content (AvgIpc) is 3.08. The summed E-state index contributed by atoms with van der Waals surface area (Å²) in [6.45, 7) is 6.32. The number of anilines is 3. The van der Waals surface area contributed by atoms with Gasteiger partial charge in [-0.1, -0.05) is 37.6 Å². The number of piperazine rings is 1. The number of likely N-dealkylation sites (N-methyl/N-ethyl adjacent to an activating group) is 1. The third-order valence-electron chi connectivity index (χ3n) is 7.16. The zero-order valence-corrected chi connectivity index (χ0v) is 21.1. The standard InChI is InChI=1S/C25H32ClN7O2/c1-15(2)27-10-20(16-4-6-17(26)7-5-16)25(35)32-11-18-8-9-19(12-32)33(18)24-22-23(28-14-29-24)30-21(34)13-31(22)3/h4-7,14-15,18-20,27H,8-13H2,1-3H3,(H,28,29,30,34)/t18-,19+,20-/m1/s1. The maximum atomic E-state index is 13.8. The lowest BCUT2D eigenvalue weighted by molar-refractivity contribution is -0.133. The summed E-state index contributed by atoms with van der Waals surface area (Å²) in [5.74, 6) is 1.19. The summed E-state index contributed by atoms with van der Waals surface area (Å²) in [5.41, 5.74) is 1.83. The fourth-order valence-corrected chi connectivity index (χ4v) is 5.64.